The molecule has 0 atom stereocenters. The van der Waals surface area contributed by atoms with Crippen molar-refractivity contribution in [3.63, 3.8) is 0 Å². The van der Waals surface area contributed by atoms with E-state index in [0.29, 0.717) is 10.6 Å². The lowest BCUT2D eigenvalue weighted by Gasteiger charge is -2.07. The fourth-order valence-electron chi connectivity index (χ4n) is 1.51. The van der Waals surface area contributed by atoms with Crippen LogP contribution >= 0.6 is 11.6 Å². The minimum Gasteiger partial charge on any atom is -0.298 e. The Labute approximate surface area is 95.8 Å². The second kappa shape index (κ2) is 5.72. The second-order valence-electron chi connectivity index (χ2n) is 3.32. The van der Waals surface area contributed by atoms with E-state index in [-0.39, 0.29) is 0 Å². The molecule has 0 heterocycles. The SMILES string of the molecule is CCC=Cc1ccc(C=O)c(Cl)c1CC. The number of hydrogen-bond donors (Lipinski definition) is 0. The lowest BCUT2D eigenvalue weighted by molar-refractivity contribution is 0.112. The van der Waals surface area contributed by atoms with Gasteiger partial charge in [-0.05, 0) is 30.0 Å². The fourth-order valence-corrected chi connectivity index (χ4v) is 1.86. The minimum atomic E-state index is 0.571. The van der Waals surface area contributed by atoms with E-state index in [9.17, 15) is 4.79 Å². The van der Waals surface area contributed by atoms with Gasteiger partial charge in [0.2, 0.25) is 0 Å². The molecule has 0 spiro atoms. The van der Waals surface area contributed by atoms with Crippen LogP contribution in [0.4, 0.5) is 0 Å². The normalized spacial score (nSPS) is 10.9. The molecule has 0 N–H and O–H groups in total. The first-order valence-corrected chi connectivity index (χ1v) is 5.55. The van der Waals surface area contributed by atoms with Crippen molar-refractivity contribution in [1.29, 1.82) is 0 Å². The highest BCUT2D eigenvalue weighted by molar-refractivity contribution is 6.34. The lowest BCUT2D eigenvalue weighted by atomic mass is 10.0. The summed E-state index contributed by atoms with van der Waals surface area (Å²) in [5.74, 6) is 0. The van der Waals surface area contributed by atoms with Crippen LogP contribution in [-0.2, 0) is 6.42 Å². The zero-order chi connectivity index (χ0) is 11.3. The maximum Gasteiger partial charge on any atom is 0.151 e. The van der Waals surface area contributed by atoms with Gasteiger partial charge in [-0.1, -0.05) is 43.7 Å². The first-order valence-electron chi connectivity index (χ1n) is 5.17. The van der Waals surface area contributed by atoms with Gasteiger partial charge in [-0.15, -0.1) is 0 Å². The van der Waals surface area contributed by atoms with E-state index in [1.165, 1.54) is 0 Å². The summed E-state index contributed by atoms with van der Waals surface area (Å²) < 4.78 is 0. The third-order valence-corrected chi connectivity index (χ3v) is 2.77. The van der Waals surface area contributed by atoms with Gasteiger partial charge in [-0.25, -0.2) is 0 Å². The van der Waals surface area contributed by atoms with Crippen LogP contribution in [0.5, 0.6) is 0 Å². The molecule has 0 radical (unpaired) electrons. The Morgan fingerprint density at radius 1 is 1.27 bits per heavy atom. The molecule has 0 amide bonds. The summed E-state index contributed by atoms with van der Waals surface area (Å²) in [6.45, 7) is 4.13. The maximum atomic E-state index is 10.7. The average molecular weight is 223 g/mol. The molecular weight excluding hydrogens is 208 g/mol. The molecule has 0 aliphatic carbocycles. The molecule has 0 aliphatic rings. The minimum absolute atomic E-state index is 0.571. The van der Waals surface area contributed by atoms with Gasteiger partial charge >= 0.3 is 0 Å². The summed E-state index contributed by atoms with van der Waals surface area (Å²) >= 11 is 6.13. The Kier molecular flexibility index (Phi) is 4.57. The summed E-state index contributed by atoms with van der Waals surface area (Å²) in [5.41, 5.74) is 2.73. The van der Waals surface area contributed by atoms with Crippen LogP contribution in [-0.4, -0.2) is 6.29 Å². The molecule has 2 heteroatoms. The standard InChI is InChI=1S/C13H15ClO/c1-3-5-6-10-7-8-11(9-15)13(14)12(10)4-2/h5-9H,3-4H2,1-2H3. The van der Waals surface area contributed by atoms with Gasteiger partial charge in [0.25, 0.3) is 0 Å². The van der Waals surface area contributed by atoms with Gasteiger partial charge < -0.3 is 0 Å². The van der Waals surface area contributed by atoms with Crippen molar-refractivity contribution < 1.29 is 4.79 Å². The quantitative estimate of drug-likeness (QED) is 0.700. The highest BCUT2D eigenvalue weighted by Crippen LogP contribution is 2.25. The number of allylic oxidation sites excluding steroid dienone is 1. The highest BCUT2D eigenvalue weighted by Gasteiger charge is 2.07. The molecule has 0 aromatic heterocycles. The number of rotatable bonds is 4. The smallest absolute Gasteiger partial charge is 0.151 e. The molecule has 0 unspecified atom stereocenters. The zero-order valence-corrected chi connectivity index (χ0v) is 9.84. The van der Waals surface area contributed by atoms with Crippen molar-refractivity contribution in [2.45, 2.75) is 26.7 Å². The van der Waals surface area contributed by atoms with Crippen LogP contribution in [0.15, 0.2) is 18.2 Å². The monoisotopic (exact) mass is 222 g/mol. The number of benzene rings is 1. The Hall–Kier alpha value is -1.08. The Morgan fingerprint density at radius 2 is 1.93 bits per heavy atom. The molecule has 80 valence electrons. The van der Waals surface area contributed by atoms with Crippen LogP contribution in [0, 0.1) is 0 Å². The van der Waals surface area contributed by atoms with Gasteiger partial charge in [-0.3, -0.25) is 4.79 Å². The maximum absolute atomic E-state index is 10.7. The average Bonchev–Trinajstić information content (AvgIpc) is 2.26. The molecule has 0 saturated carbocycles. The molecule has 1 nitrogen and oxygen atoms in total. The van der Waals surface area contributed by atoms with E-state index in [1.54, 1.807) is 6.07 Å². The number of carbonyl (C=O) groups excluding carboxylic acids is 1. The number of halogens is 1. The molecule has 0 fully saturated rings. The van der Waals surface area contributed by atoms with Crippen molar-refractivity contribution >= 4 is 24.0 Å². The fraction of sp³-hybridized carbons (Fsp3) is 0.308. The van der Waals surface area contributed by atoms with Gasteiger partial charge in [-0.2, -0.15) is 0 Å². The van der Waals surface area contributed by atoms with Crippen molar-refractivity contribution in [1.82, 2.24) is 0 Å². The van der Waals surface area contributed by atoms with E-state index in [4.69, 9.17) is 11.6 Å². The Bertz CT molecular complexity index is 380. The molecular formula is C13H15ClO. The summed E-state index contributed by atoms with van der Waals surface area (Å²) in [6.07, 6.45) is 6.78. The molecule has 0 bridgehead atoms. The van der Waals surface area contributed by atoms with E-state index >= 15 is 0 Å². The molecule has 1 rings (SSSR count). The van der Waals surface area contributed by atoms with Gasteiger partial charge in [0.15, 0.2) is 6.29 Å². The molecule has 1 aromatic rings. The third kappa shape index (κ3) is 2.69. The van der Waals surface area contributed by atoms with E-state index in [2.05, 4.69) is 19.1 Å². The molecule has 0 saturated heterocycles. The largest absolute Gasteiger partial charge is 0.298 e. The van der Waals surface area contributed by atoms with E-state index < -0.39 is 0 Å². The van der Waals surface area contributed by atoms with Crippen molar-refractivity contribution in [3.8, 4) is 0 Å². The van der Waals surface area contributed by atoms with Crippen LogP contribution < -0.4 is 0 Å². The Balaban J connectivity index is 3.24. The van der Waals surface area contributed by atoms with Crippen LogP contribution in [0.25, 0.3) is 6.08 Å². The van der Waals surface area contributed by atoms with Crippen molar-refractivity contribution in [2.24, 2.45) is 0 Å². The van der Waals surface area contributed by atoms with E-state index in [1.807, 2.05) is 13.0 Å². The van der Waals surface area contributed by atoms with Crippen molar-refractivity contribution in [3.05, 3.63) is 39.9 Å². The molecule has 1 aromatic carbocycles. The number of hydrogen-bond acceptors (Lipinski definition) is 1. The topological polar surface area (TPSA) is 17.1 Å². The molecule has 0 aliphatic heterocycles. The summed E-state index contributed by atoms with van der Waals surface area (Å²) in [6, 6.07) is 3.71. The van der Waals surface area contributed by atoms with Crippen LogP contribution in [0.1, 0.15) is 41.8 Å². The second-order valence-corrected chi connectivity index (χ2v) is 3.70. The first-order chi connectivity index (χ1) is 7.24. The van der Waals surface area contributed by atoms with Crippen molar-refractivity contribution in [2.75, 3.05) is 0 Å². The summed E-state index contributed by atoms with van der Waals surface area (Å²) in [7, 11) is 0. The van der Waals surface area contributed by atoms with Gasteiger partial charge in [0.05, 0.1) is 5.02 Å². The predicted molar refractivity (Wildman–Crippen MR) is 65.5 cm³/mol. The van der Waals surface area contributed by atoms with Gasteiger partial charge in [0.1, 0.15) is 0 Å². The lowest BCUT2D eigenvalue weighted by Crippen LogP contribution is -1.93. The first kappa shape index (κ1) is 12.0. The zero-order valence-electron chi connectivity index (χ0n) is 9.09. The number of carbonyl (C=O) groups is 1. The predicted octanol–water partition coefficient (Wildman–Crippen LogP) is 4.14. The van der Waals surface area contributed by atoms with Crippen LogP contribution in [0.3, 0.4) is 0 Å². The van der Waals surface area contributed by atoms with Crippen LogP contribution in [0.2, 0.25) is 5.02 Å². The Morgan fingerprint density at radius 3 is 2.47 bits per heavy atom. The highest BCUT2D eigenvalue weighted by atomic mass is 35.5. The van der Waals surface area contributed by atoms with E-state index in [0.717, 1.165) is 30.3 Å². The summed E-state index contributed by atoms with van der Waals surface area (Å²) in [4.78, 5) is 10.7. The van der Waals surface area contributed by atoms with Gasteiger partial charge in [0, 0.05) is 5.56 Å². The molecule has 15 heavy (non-hydrogen) atoms. The number of aldehydes is 1. The third-order valence-electron chi connectivity index (χ3n) is 2.32. The summed E-state index contributed by atoms with van der Waals surface area (Å²) in [5, 5.41) is 0.589.